The molecule has 0 spiro atoms. The summed E-state index contributed by atoms with van der Waals surface area (Å²) in [5.74, 6) is -0.684. The number of unbranched alkanes of at least 4 members (excludes halogenated alkanes) is 3. The van der Waals surface area contributed by atoms with Crippen LogP contribution in [0, 0.1) is 0 Å². The van der Waals surface area contributed by atoms with Crippen molar-refractivity contribution in [2.45, 2.75) is 53.0 Å². The van der Waals surface area contributed by atoms with Gasteiger partial charge in [0.05, 0.1) is 12.6 Å². The summed E-state index contributed by atoms with van der Waals surface area (Å²) in [4.78, 5) is 35.9. The Labute approximate surface area is 158 Å². The van der Waals surface area contributed by atoms with Crippen LogP contribution in [0.3, 0.4) is 0 Å². The fourth-order valence-corrected chi connectivity index (χ4v) is 3.03. The minimum atomic E-state index is -0.586. The zero-order valence-corrected chi connectivity index (χ0v) is 16.3. The number of rotatable bonds is 8. The highest BCUT2D eigenvalue weighted by Gasteiger charge is 2.20. The number of fused-ring (bicyclic) bond motifs is 1. The van der Waals surface area contributed by atoms with Gasteiger partial charge in [-0.2, -0.15) is 0 Å². The van der Waals surface area contributed by atoms with Crippen molar-refractivity contribution >= 4 is 28.5 Å². The van der Waals surface area contributed by atoms with Gasteiger partial charge in [-0.1, -0.05) is 26.2 Å². The molecule has 27 heavy (non-hydrogen) atoms. The second kappa shape index (κ2) is 9.21. The number of carbonyl (C=O) groups excluding carboxylic acids is 2. The number of nitrogens with zero attached hydrogens (tertiary/aromatic N) is 1. The molecule has 1 aromatic heterocycles. The summed E-state index contributed by atoms with van der Waals surface area (Å²) in [7, 11) is 1.43. The molecule has 1 aromatic carbocycles. The number of carbonyl (C=O) groups is 2. The molecular weight excluding hydrogens is 348 g/mol. The number of amides is 1. The van der Waals surface area contributed by atoms with E-state index in [1.165, 1.54) is 21.0 Å². The number of aryl methyl sites for hydroxylation is 1. The van der Waals surface area contributed by atoms with E-state index < -0.39 is 11.5 Å². The molecule has 0 saturated carbocycles. The van der Waals surface area contributed by atoms with Gasteiger partial charge >= 0.3 is 5.97 Å². The predicted octanol–water partition coefficient (Wildman–Crippen LogP) is 3.47. The maximum absolute atomic E-state index is 13.0. The number of nitrogens with one attached hydrogen (secondary N) is 1. The van der Waals surface area contributed by atoms with Gasteiger partial charge in [-0.05, 0) is 24.6 Å². The molecule has 2 aromatic rings. The number of anilines is 1. The Morgan fingerprint density at radius 2 is 1.85 bits per heavy atom. The molecule has 0 fully saturated rings. The molecule has 1 N–H and O–H groups in total. The molecule has 1 heterocycles. The van der Waals surface area contributed by atoms with E-state index in [9.17, 15) is 14.4 Å². The third kappa shape index (κ3) is 4.87. The number of ether oxygens (including phenoxy) is 2. The van der Waals surface area contributed by atoms with Crippen molar-refractivity contribution in [2.75, 3.05) is 12.4 Å². The highest BCUT2D eigenvalue weighted by atomic mass is 16.6. The van der Waals surface area contributed by atoms with E-state index in [1.54, 1.807) is 22.8 Å². The summed E-state index contributed by atoms with van der Waals surface area (Å²) in [6, 6.07) is 5.20. The van der Waals surface area contributed by atoms with Crippen molar-refractivity contribution in [3.63, 3.8) is 0 Å². The van der Waals surface area contributed by atoms with Gasteiger partial charge in [0, 0.05) is 31.5 Å². The molecule has 0 aliphatic rings. The van der Waals surface area contributed by atoms with Gasteiger partial charge in [0.1, 0.15) is 0 Å². The second-order valence-electron chi connectivity index (χ2n) is 6.39. The van der Waals surface area contributed by atoms with Crippen molar-refractivity contribution in [3.8, 4) is 11.5 Å². The van der Waals surface area contributed by atoms with Gasteiger partial charge in [0.15, 0.2) is 5.75 Å². The number of hydrogen-bond acceptors (Lipinski definition) is 5. The second-order valence-corrected chi connectivity index (χ2v) is 6.39. The standard InChI is InChI=1S/C20H26N2O5/c1-5-6-7-8-11-22-17-12-15(21-13(2)23)9-10-16(17)18(26-4)19(20(22)25)27-14(3)24/h9-10,12H,5-8,11H2,1-4H3,(H,21,23). The third-order valence-electron chi connectivity index (χ3n) is 4.18. The van der Waals surface area contributed by atoms with E-state index in [-0.39, 0.29) is 17.4 Å². The zero-order valence-electron chi connectivity index (χ0n) is 16.3. The smallest absolute Gasteiger partial charge is 0.308 e. The molecule has 0 bridgehead atoms. The molecule has 7 nitrogen and oxygen atoms in total. The van der Waals surface area contributed by atoms with E-state index >= 15 is 0 Å². The van der Waals surface area contributed by atoms with Crippen molar-refractivity contribution in [1.82, 2.24) is 4.57 Å². The average molecular weight is 374 g/mol. The number of methoxy groups -OCH3 is 1. The normalized spacial score (nSPS) is 10.7. The summed E-state index contributed by atoms with van der Waals surface area (Å²) in [5.41, 5.74) is 0.778. The van der Waals surface area contributed by atoms with Gasteiger partial charge in [-0.15, -0.1) is 0 Å². The van der Waals surface area contributed by atoms with Gasteiger partial charge < -0.3 is 19.4 Å². The molecule has 0 aliphatic heterocycles. The Kier molecular flexibility index (Phi) is 6.98. The molecule has 0 unspecified atom stereocenters. The lowest BCUT2D eigenvalue weighted by Crippen LogP contribution is -2.25. The third-order valence-corrected chi connectivity index (χ3v) is 4.18. The molecule has 2 rings (SSSR count). The molecular formula is C20H26N2O5. The molecule has 0 radical (unpaired) electrons. The summed E-state index contributed by atoms with van der Waals surface area (Å²) in [5, 5.41) is 3.36. The number of benzene rings is 1. The van der Waals surface area contributed by atoms with Crippen molar-refractivity contribution < 1.29 is 19.1 Å². The summed E-state index contributed by atoms with van der Waals surface area (Å²) < 4.78 is 12.1. The van der Waals surface area contributed by atoms with Crippen LogP contribution >= 0.6 is 0 Å². The Bertz CT molecular complexity index is 901. The summed E-state index contributed by atoms with van der Waals surface area (Å²) >= 11 is 0. The summed E-state index contributed by atoms with van der Waals surface area (Å²) in [6.45, 7) is 5.27. The van der Waals surface area contributed by atoms with Crippen molar-refractivity contribution in [3.05, 3.63) is 28.6 Å². The van der Waals surface area contributed by atoms with E-state index in [1.807, 2.05) is 0 Å². The number of aromatic nitrogens is 1. The average Bonchev–Trinajstić information content (AvgIpc) is 2.60. The first-order valence-corrected chi connectivity index (χ1v) is 9.09. The first-order valence-electron chi connectivity index (χ1n) is 9.09. The fraction of sp³-hybridized carbons (Fsp3) is 0.450. The molecule has 0 atom stereocenters. The molecule has 0 aliphatic carbocycles. The maximum atomic E-state index is 13.0. The molecule has 7 heteroatoms. The minimum absolute atomic E-state index is 0.111. The van der Waals surface area contributed by atoms with E-state index in [0.29, 0.717) is 23.1 Å². The van der Waals surface area contributed by atoms with Crippen LogP contribution in [0.4, 0.5) is 5.69 Å². The van der Waals surface area contributed by atoms with Crippen LogP contribution in [0.15, 0.2) is 23.0 Å². The number of esters is 1. The van der Waals surface area contributed by atoms with E-state index in [4.69, 9.17) is 9.47 Å². The van der Waals surface area contributed by atoms with Crippen LogP contribution in [0.1, 0.15) is 46.5 Å². The Morgan fingerprint density at radius 1 is 1.11 bits per heavy atom. The predicted molar refractivity (Wildman–Crippen MR) is 105 cm³/mol. The van der Waals surface area contributed by atoms with Crippen LogP contribution in [0.25, 0.3) is 10.9 Å². The zero-order chi connectivity index (χ0) is 20.0. The van der Waals surface area contributed by atoms with Gasteiger partial charge in [-0.3, -0.25) is 14.4 Å². The fourth-order valence-electron chi connectivity index (χ4n) is 3.03. The van der Waals surface area contributed by atoms with Crippen LogP contribution in [-0.4, -0.2) is 23.6 Å². The lowest BCUT2D eigenvalue weighted by molar-refractivity contribution is -0.132. The lowest BCUT2D eigenvalue weighted by atomic mass is 10.1. The minimum Gasteiger partial charge on any atom is -0.492 e. The highest BCUT2D eigenvalue weighted by Crippen LogP contribution is 2.34. The van der Waals surface area contributed by atoms with Crippen LogP contribution < -0.4 is 20.3 Å². The topological polar surface area (TPSA) is 86.6 Å². The van der Waals surface area contributed by atoms with Gasteiger partial charge in [0.25, 0.3) is 5.56 Å². The maximum Gasteiger partial charge on any atom is 0.308 e. The Morgan fingerprint density at radius 3 is 2.44 bits per heavy atom. The van der Waals surface area contributed by atoms with Gasteiger partial charge in [0.2, 0.25) is 11.7 Å². The van der Waals surface area contributed by atoms with Gasteiger partial charge in [-0.25, -0.2) is 0 Å². The molecule has 0 saturated heterocycles. The number of pyridine rings is 1. The van der Waals surface area contributed by atoms with Crippen LogP contribution in [0.2, 0.25) is 0 Å². The van der Waals surface area contributed by atoms with E-state index in [0.717, 1.165) is 25.7 Å². The molecule has 146 valence electrons. The lowest BCUT2D eigenvalue weighted by Gasteiger charge is -2.17. The first kappa shape index (κ1) is 20.5. The van der Waals surface area contributed by atoms with Crippen LogP contribution in [0.5, 0.6) is 11.5 Å². The Hall–Kier alpha value is -2.83. The van der Waals surface area contributed by atoms with E-state index in [2.05, 4.69) is 12.2 Å². The SMILES string of the molecule is CCCCCCn1c(=O)c(OC(C)=O)c(OC)c2ccc(NC(C)=O)cc21. The summed E-state index contributed by atoms with van der Waals surface area (Å²) in [6.07, 6.45) is 3.98. The quantitative estimate of drug-likeness (QED) is 0.565. The monoisotopic (exact) mass is 374 g/mol. The molecule has 1 amide bonds. The highest BCUT2D eigenvalue weighted by molar-refractivity contribution is 5.95. The Balaban J connectivity index is 2.66. The first-order chi connectivity index (χ1) is 12.9. The largest absolute Gasteiger partial charge is 0.492 e. The van der Waals surface area contributed by atoms with Crippen LogP contribution in [-0.2, 0) is 16.1 Å². The van der Waals surface area contributed by atoms with Crippen molar-refractivity contribution in [1.29, 1.82) is 0 Å². The van der Waals surface area contributed by atoms with Crippen molar-refractivity contribution in [2.24, 2.45) is 0 Å². The number of hydrogen-bond donors (Lipinski definition) is 1.